The highest BCUT2D eigenvalue weighted by molar-refractivity contribution is 6.21. The smallest absolute Gasteiger partial charge is 0.328 e. The lowest BCUT2D eigenvalue weighted by atomic mass is 9.47. The molecule has 1 saturated heterocycles. The number of nitrogens with zero attached hydrogens (tertiary/aromatic N) is 3. The molecule has 10 aliphatic rings. The summed E-state index contributed by atoms with van der Waals surface area (Å²) in [5.41, 5.74) is 15.1. The molecule has 0 unspecified atom stereocenters. The van der Waals surface area contributed by atoms with E-state index in [0.717, 1.165) is 146 Å². The third-order valence-corrected chi connectivity index (χ3v) is 19.7. The molecule has 5 aliphatic carbocycles. The van der Waals surface area contributed by atoms with Gasteiger partial charge in [0.15, 0.2) is 0 Å². The van der Waals surface area contributed by atoms with Crippen LogP contribution in [-0.2, 0) is 14.3 Å². The van der Waals surface area contributed by atoms with Gasteiger partial charge in [-0.3, -0.25) is 4.79 Å². The number of fused-ring (bicyclic) bond motifs is 10. The highest BCUT2D eigenvalue weighted by atomic mass is 16.5. The van der Waals surface area contributed by atoms with Crippen molar-refractivity contribution < 1.29 is 24.5 Å². The molecule has 9 heteroatoms. The maximum atomic E-state index is 14.1. The minimum atomic E-state index is -1.03. The predicted molar refractivity (Wildman–Crippen MR) is 281 cm³/mol. The third-order valence-electron chi connectivity index (χ3n) is 19.7. The Bertz CT molecular complexity index is 2720. The second-order valence-electron chi connectivity index (χ2n) is 23.9. The van der Waals surface area contributed by atoms with Crippen LogP contribution in [0.15, 0.2) is 130 Å². The summed E-state index contributed by atoms with van der Waals surface area (Å²) < 4.78 is 6.46. The van der Waals surface area contributed by atoms with Crippen LogP contribution in [-0.4, -0.2) is 45.4 Å². The number of ether oxygens (including phenoxy) is 1. The van der Waals surface area contributed by atoms with Gasteiger partial charge < -0.3 is 20.3 Å². The molecule has 8 bridgehead atoms. The molecule has 4 fully saturated rings. The molecule has 5 aliphatic heterocycles. The first-order valence-corrected chi connectivity index (χ1v) is 27.2. The number of carbonyl (C=O) groups is 2. The van der Waals surface area contributed by atoms with Crippen molar-refractivity contribution in [3.63, 3.8) is 0 Å². The summed E-state index contributed by atoms with van der Waals surface area (Å²) in [6, 6.07) is 0. The molecule has 0 aromatic rings. The number of aliphatic hydroxyl groups is 1. The number of carbonyl (C=O) groups excluding carboxylic acids is 1. The zero-order valence-corrected chi connectivity index (χ0v) is 43.7. The van der Waals surface area contributed by atoms with Crippen molar-refractivity contribution in [1.29, 1.82) is 0 Å². The molecule has 70 heavy (non-hydrogen) atoms. The van der Waals surface area contributed by atoms with Gasteiger partial charge in [0.25, 0.3) is 0 Å². The Morgan fingerprint density at radius 2 is 1.70 bits per heavy atom. The zero-order chi connectivity index (χ0) is 49.6. The number of carboxylic acid groups (broad SMARTS) is 1. The SMILES string of the molecule is CCC1=C(C)C2=NC1=CC1=C(C)C3=C(O)CC(=C4NC(=CC5=NC(=C2)C(/C=C\C(=O)O)=C5C)[C@@H](C)[C@@H]4CCC(=O)O[C@H]2CC[C@@]4(C)C(=CC[C@H]5[C@@H]6CC[C@H]([C@H](C)CCCC(C)C)[C@@]6(C)CC[C@@H]54)C2)C3=N1. The molecular formula is C61H78N4O5. The van der Waals surface area contributed by atoms with E-state index in [2.05, 4.69) is 72.9 Å². The van der Waals surface area contributed by atoms with Gasteiger partial charge in [-0.25, -0.2) is 19.8 Å². The van der Waals surface area contributed by atoms with Gasteiger partial charge in [-0.05, 0) is 171 Å². The summed E-state index contributed by atoms with van der Waals surface area (Å²) in [6.07, 6.45) is 27.0. The van der Waals surface area contributed by atoms with Gasteiger partial charge in [-0.2, -0.15) is 0 Å². The second-order valence-corrected chi connectivity index (χ2v) is 23.9. The van der Waals surface area contributed by atoms with Crippen LogP contribution in [0.1, 0.15) is 166 Å². The van der Waals surface area contributed by atoms with Crippen LogP contribution in [0.25, 0.3) is 0 Å². The van der Waals surface area contributed by atoms with Gasteiger partial charge in [0.1, 0.15) is 11.9 Å². The highest BCUT2D eigenvalue weighted by Gasteiger charge is 2.59. The number of hydrogen-bond donors (Lipinski definition) is 3. The molecule has 0 aromatic heterocycles. The first-order chi connectivity index (χ1) is 33.4. The fourth-order valence-electron chi connectivity index (χ4n) is 15.8. The minimum absolute atomic E-state index is 0.0228. The quantitative estimate of drug-likeness (QED) is 0.101. The Balaban J connectivity index is 0.882. The van der Waals surface area contributed by atoms with E-state index >= 15 is 0 Å². The Hall–Kier alpha value is -5.05. The fourth-order valence-corrected chi connectivity index (χ4v) is 15.8. The van der Waals surface area contributed by atoms with Crippen LogP contribution in [0, 0.1) is 58.2 Å². The Kier molecular flexibility index (Phi) is 12.9. The molecule has 10 rings (SSSR count). The molecule has 0 aromatic carbocycles. The Labute approximate surface area is 417 Å². The third kappa shape index (κ3) is 8.27. The van der Waals surface area contributed by atoms with Gasteiger partial charge in [0.2, 0.25) is 0 Å². The molecule has 9 nitrogen and oxygen atoms in total. The van der Waals surface area contributed by atoms with Crippen molar-refractivity contribution in [2.45, 2.75) is 172 Å². The van der Waals surface area contributed by atoms with Gasteiger partial charge in [0.05, 0.1) is 34.2 Å². The summed E-state index contributed by atoms with van der Waals surface area (Å²) >= 11 is 0. The van der Waals surface area contributed by atoms with E-state index in [0.29, 0.717) is 29.7 Å². The summed E-state index contributed by atoms with van der Waals surface area (Å²) in [4.78, 5) is 41.3. The number of hydrogen-bond acceptors (Lipinski definition) is 8. The number of rotatable bonds is 12. The average Bonchev–Trinajstić information content (AvgIpc) is 4.13. The van der Waals surface area contributed by atoms with Crippen molar-refractivity contribution in [3.8, 4) is 0 Å². The molecular weight excluding hydrogens is 869 g/mol. The van der Waals surface area contributed by atoms with Crippen LogP contribution in [0.3, 0.4) is 0 Å². The largest absolute Gasteiger partial charge is 0.511 e. The van der Waals surface area contributed by atoms with Crippen LogP contribution in [0.2, 0.25) is 0 Å². The molecule has 10 atom stereocenters. The van der Waals surface area contributed by atoms with Crippen LogP contribution >= 0.6 is 0 Å². The van der Waals surface area contributed by atoms with Crippen molar-refractivity contribution in [1.82, 2.24) is 5.32 Å². The van der Waals surface area contributed by atoms with E-state index in [9.17, 15) is 19.8 Å². The van der Waals surface area contributed by atoms with Crippen LogP contribution < -0.4 is 5.32 Å². The maximum Gasteiger partial charge on any atom is 0.328 e. The first-order valence-electron chi connectivity index (χ1n) is 27.2. The van der Waals surface area contributed by atoms with Gasteiger partial charge in [-0.15, -0.1) is 0 Å². The summed E-state index contributed by atoms with van der Waals surface area (Å²) in [5.74, 6) is 3.81. The number of nitrogens with one attached hydrogen (secondary N) is 1. The second kappa shape index (κ2) is 18.5. The molecule has 5 heterocycles. The van der Waals surface area contributed by atoms with Gasteiger partial charge >= 0.3 is 11.9 Å². The molecule has 372 valence electrons. The van der Waals surface area contributed by atoms with E-state index in [1.165, 1.54) is 51.4 Å². The number of allylic oxidation sites excluding steroid dienone is 13. The summed E-state index contributed by atoms with van der Waals surface area (Å²) in [7, 11) is 0. The maximum absolute atomic E-state index is 14.1. The monoisotopic (exact) mass is 947 g/mol. The number of aliphatic hydroxyl groups excluding tert-OH is 1. The number of carboxylic acids is 1. The summed E-state index contributed by atoms with van der Waals surface area (Å²) in [6.45, 7) is 22.9. The number of esters is 1. The van der Waals surface area contributed by atoms with Gasteiger partial charge in [-0.1, -0.05) is 79.4 Å². The van der Waals surface area contributed by atoms with Crippen molar-refractivity contribution in [3.05, 3.63) is 115 Å². The van der Waals surface area contributed by atoms with E-state index in [4.69, 9.17) is 19.7 Å². The lowest BCUT2D eigenvalue weighted by molar-refractivity contribution is -0.152. The lowest BCUT2D eigenvalue weighted by Crippen LogP contribution is -2.51. The van der Waals surface area contributed by atoms with E-state index < -0.39 is 5.97 Å². The van der Waals surface area contributed by atoms with E-state index in [-0.39, 0.29) is 35.7 Å². The van der Waals surface area contributed by atoms with Crippen molar-refractivity contribution in [2.24, 2.45) is 73.2 Å². The number of aliphatic carboxylic acids is 1. The van der Waals surface area contributed by atoms with E-state index in [1.54, 1.807) is 11.6 Å². The van der Waals surface area contributed by atoms with Crippen LogP contribution in [0.4, 0.5) is 0 Å². The van der Waals surface area contributed by atoms with Crippen molar-refractivity contribution in [2.75, 3.05) is 0 Å². The number of aliphatic imine (C=N–C) groups is 3. The minimum Gasteiger partial charge on any atom is -0.511 e. The molecule has 3 saturated carbocycles. The highest BCUT2D eigenvalue weighted by Crippen LogP contribution is 2.67. The normalized spacial score (nSPS) is 33.8. The molecule has 0 amide bonds. The van der Waals surface area contributed by atoms with Crippen molar-refractivity contribution >= 4 is 29.1 Å². The summed E-state index contributed by atoms with van der Waals surface area (Å²) in [5, 5.41) is 25.1. The van der Waals surface area contributed by atoms with Crippen LogP contribution in [0.5, 0.6) is 0 Å². The Morgan fingerprint density at radius 1 is 0.929 bits per heavy atom. The zero-order valence-electron chi connectivity index (χ0n) is 43.7. The average molecular weight is 947 g/mol. The standard InChI is InChI=1S/C61H78N4O5/c1-11-40-34(5)49-30-53-41(17-21-55(67)68)35(6)48(63-53)29-50-36(7)42(58(64-50)44-28-54(66)57-37(8)51(65-59(44)57)31-52(40)62-49)18-22-56(69)70-39-23-25-60(9)38(27-39)15-16-43-46-20-19-45(33(4)14-12-13-32(2)3)61(46,10)26-24-47(43)60/h15,17,21,29-33,36,39,42-43,45-47,64,66H,11-14,16,18-20,22-28H2,1-10H3,(H,67,68)/b21-17-,50-29?,52-31?,53-30?,58-44?/t33-,36+,39+,42+,43+,45-,46+,47+,60+,61-/m1/s1. The van der Waals surface area contributed by atoms with Gasteiger partial charge in [0, 0.05) is 65.3 Å². The fraction of sp³-hybridized carbons (Fsp3) is 0.590. The Morgan fingerprint density at radius 3 is 2.46 bits per heavy atom. The van der Waals surface area contributed by atoms with E-state index in [1.807, 2.05) is 26.0 Å². The lowest BCUT2D eigenvalue weighted by Gasteiger charge is -2.58. The molecule has 0 radical (unpaired) electrons. The topological polar surface area (TPSA) is 133 Å². The molecule has 0 spiro atoms. The first kappa shape index (κ1) is 48.6. The predicted octanol–water partition coefficient (Wildman–Crippen LogP) is 14.0. The molecule has 3 N–H and O–H groups in total.